The lowest BCUT2D eigenvalue weighted by atomic mass is 9.88. The summed E-state index contributed by atoms with van der Waals surface area (Å²) in [6.07, 6.45) is 9.52. The van der Waals surface area contributed by atoms with Crippen LogP contribution in [0, 0.1) is 35.5 Å². The van der Waals surface area contributed by atoms with Crippen molar-refractivity contribution in [2.24, 2.45) is 35.5 Å². The summed E-state index contributed by atoms with van der Waals surface area (Å²) in [6, 6.07) is 0. The third-order valence-corrected chi connectivity index (χ3v) is 4.87. The highest BCUT2D eigenvalue weighted by Crippen LogP contribution is 2.66. The highest BCUT2D eigenvalue weighted by molar-refractivity contribution is 5.45. The van der Waals surface area contributed by atoms with E-state index in [9.17, 15) is 0 Å². The van der Waals surface area contributed by atoms with Crippen molar-refractivity contribution < 1.29 is 0 Å². The van der Waals surface area contributed by atoms with E-state index in [2.05, 4.69) is 37.5 Å². The second-order valence-corrected chi connectivity index (χ2v) is 5.18. The predicted octanol–water partition coefficient (Wildman–Crippen LogP) is 2.96. The molecule has 4 aliphatic carbocycles. The molecule has 0 amide bonds. The summed E-state index contributed by atoms with van der Waals surface area (Å²) in [6.45, 7) is 8.57. The van der Waals surface area contributed by atoms with Gasteiger partial charge in [0, 0.05) is 23.7 Å². The van der Waals surface area contributed by atoms with Gasteiger partial charge < -0.3 is 0 Å². The highest BCUT2D eigenvalue weighted by Gasteiger charge is 2.59. The van der Waals surface area contributed by atoms with E-state index in [-0.39, 0.29) is 0 Å². The minimum absolute atomic E-state index is 0.668. The molecule has 0 heteroatoms. The molecule has 4 aliphatic rings. The van der Waals surface area contributed by atoms with Crippen molar-refractivity contribution in [1.82, 2.24) is 0 Å². The Bertz CT molecular complexity index is 338. The van der Waals surface area contributed by atoms with Crippen LogP contribution < -0.4 is 0 Å². The van der Waals surface area contributed by atoms with E-state index >= 15 is 0 Å². The maximum atomic E-state index is 4.29. The van der Waals surface area contributed by atoms with Crippen LogP contribution in [-0.4, -0.2) is 0 Å². The van der Waals surface area contributed by atoms with Gasteiger partial charge in [0.15, 0.2) is 0 Å². The zero-order chi connectivity index (χ0) is 9.45. The van der Waals surface area contributed by atoms with Crippen molar-refractivity contribution in [3.8, 4) is 0 Å². The van der Waals surface area contributed by atoms with E-state index in [0.717, 1.165) is 11.8 Å². The van der Waals surface area contributed by atoms with Gasteiger partial charge in [-0.1, -0.05) is 48.6 Å². The Morgan fingerprint density at radius 3 is 1.21 bits per heavy atom. The van der Waals surface area contributed by atoms with E-state index in [1.54, 1.807) is 0 Å². The molecular weight excluding hydrogens is 168 g/mol. The van der Waals surface area contributed by atoms with Crippen molar-refractivity contribution in [2.45, 2.75) is 0 Å². The number of hydrogen-bond donors (Lipinski definition) is 0. The van der Waals surface area contributed by atoms with Gasteiger partial charge in [-0.05, 0) is 11.8 Å². The van der Waals surface area contributed by atoms with Crippen molar-refractivity contribution in [1.29, 1.82) is 0 Å². The molecule has 0 spiro atoms. The molecule has 0 bridgehead atoms. The van der Waals surface area contributed by atoms with Crippen LogP contribution >= 0.6 is 0 Å². The van der Waals surface area contributed by atoms with E-state index in [1.165, 1.54) is 11.1 Å². The largest absolute Gasteiger partial charge is 0.0986 e. The van der Waals surface area contributed by atoms with Crippen molar-refractivity contribution in [2.75, 3.05) is 0 Å². The average Bonchev–Trinajstić information content (AvgIpc) is 2.83. The quantitative estimate of drug-likeness (QED) is 0.505. The van der Waals surface area contributed by atoms with Gasteiger partial charge in [0.1, 0.15) is 0 Å². The molecule has 0 heterocycles. The maximum Gasteiger partial charge on any atom is 0.00206 e. The molecule has 0 aromatic heterocycles. The summed E-state index contributed by atoms with van der Waals surface area (Å²) >= 11 is 0. The summed E-state index contributed by atoms with van der Waals surface area (Å²) < 4.78 is 0. The number of hydrogen-bond acceptors (Lipinski definition) is 0. The fourth-order valence-corrected chi connectivity index (χ4v) is 4.32. The Morgan fingerprint density at radius 2 is 0.929 bits per heavy atom. The summed E-state index contributed by atoms with van der Waals surface area (Å²) in [4.78, 5) is 0. The summed E-state index contributed by atoms with van der Waals surface area (Å²) in [7, 11) is 0. The van der Waals surface area contributed by atoms with Crippen molar-refractivity contribution >= 4 is 0 Å². The van der Waals surface area contributed by atoms with Crippen LogP contribution in [0.1, 0.15) is 0 Å². The van der Waals surface area contributed by atoms with Crippen LogP contribution in [0.5, 0.6) is 0 Å². The number of allylic oxidation sites excluding steroid dienone is 6. The molecule has 2 unspecified atom stereocenters. The van der Waals surface area contributed by atoms with Crippen molar-refractivity contribution in [3.05, 3.63) is 48.6 Å². The number of rotatable bonds is 0. The van der Waals surface area contributed by atoms with Crippen LogP contribution in [-0.2, 0) is 0 Å². The lowest BCUT2D eigenvalue weighted by Gasteiger charge is -2.14. The molecule has 0 radical (unpaired) electrons. The standard InChI is InChI=1S/C14H14/c1-7-9-3-5-11-8(2)12-6-4-10(7)14(12)13(9)11/h3-6,9-14H,1-2H2/t9-,10+,11+,12-,13?,14?. The summed E-state index contributed by atoms with van der Waals surface area (Å²) in [5.74, 6) is 4.31. The Balaban J connectivity index is 1.96. The van der Waals surface area contributed by atoms with Crippen LogP contribution in [0.3, 0.4) is 0 Å². The maximum absolute atomic E-state index is 4.29. The third kappa shape index (κ3) is 0.538. The molecule has 2 fully saturated rings. The molecule has 0 aromatic carbocycles. The summed E-state index contributed by atoms with van der Waals surface area (Å²) in [5.41, 5.74) is 2.93. The van der Waals surface area contributed by atoms with Gasteiger partial charge in [-0.25, -0.2) is 0 Å². The Morgan fingerprint density at radius 1 is 0.643 bits per heavy atom. The topological polar surface area (TPSA) is 0 Å². The van der Waals surface area contributed by atoms with Crippen molar-refractivity contribution in [3.63, 3.8) is 0 Å². The molecule has 0 N–H and O–H groups in total. The van der Waals surface area contributed by atoms with Crippen LogP contribution in [0.4, 0.5) is 0 Å². The Labute approximate surface area is 84.7 Å². The molecule has 2 saturated carbocycles. The Hall–Kier alpha value is -1.04. The third-order valence-electron chi connectivity index (χ3n) is 4.87. The van der Waals surface area contributed by atoms with E-state index in [0.29, 0.717) is 23.7 Å². The minimum Gasteiger partial charge on any atom is -0.0986 e. The zero-order valence-electron chi connectivity index (χ0n) is 8.19. The van der Waals surface area contributed by atoms with Gasteiger partial charge in [-0.15, -0.1) is 0 Å². The molecular formula is C14H14. The molecule has 6 atom stereocenters. The first-order valence-electron chi connectivity index (χ1n) is 5.53. The van der Waals surface area contributed by atoms with Gasteiger partial charge in [-0.2, -0.15) is 0 Å². The molecule has 0 saturated heterocycles. The normalized spacial score (nSPS) is 56.3. The van der Waals surface area contributed by atoms with Gasteiger partial charge in [-0.3, -0.25) is 0 Å². The van der Waals surface area contributed by atoms with Gasteiger partial charge >= 0.3 is 0 Å². The fraction of sp³-hybridized carbons (Fsp3) is 0.429. The zero-order valence-corrected chi connectivity index (χ0v) is 8.19. The van der Waals surface area contributed by atoms with Gasteiger partial charge in [0.25, 0.3) is 0 Å². The van der Waals surface area contributed by atoms with Crippen LogP contribution in [0.15, 0.2) is 48.6 Å². The van der Waals surface area contributed by atoms with Gasteiger partial charge in [0.05, 0.1) is 0 Å². The lowest BCUT2D eigenvalue weighted by Crippen LogP contribution is -2.12. The minimum atomic E-state index is 0.668. The first-order chi connectivity index (χ1) is 6.79. The molecule has 0 nitrogen and oxygen atoms in total. The molecule has 14 heavy (non-hydrogen) atoms. The smallest absolute Gasteiger partial charge is 0.00206 e. The van der Waals surface area contributed by atoms with E-state index < -0.39 is 0 Å². The first-order valence-corrected chi connectivity index (χ1v) is 5.53. The van der Waals surface area contributed by atoms with Gasteiger partial charge in [0.2, 0.25) is 0 Å². The second-order valence-electron chi connectivity index (χ2n) is 5.18. The van der Waals surface area contributed by atoms with Crippen LogP contribution in [0.25, 0.3) is 0 Å². The summed E-state index contributed by atoms with van der Waals surface area (Å²) in [5, 5.41) is 0. The lowest BCUT2D eigenvalue weighted by molar-refractivity contribution is 0.343. The second kappa shape index (κ2) is 1.98. The molecule has 70 valence electrons. The van der Waals surface area contributed by atoms with E-state index in [4.69, 9.17) is 0 Å². The SMILES string of the molecule is C=C1[C@H]2C=C[C@H]3C(=C)[C@H]4C=C[C@@H]1C4C23. The molecule has 4 rings (SSSR count). The van der Waals surface area contributed by atoms with Crippen LogP contribution in [0.2, 0.25) is 0 Å². The predicted molar refractivity (Wildman–Crippen MR) is 57.5 cm³/mol. The average molecular weight is 182 g/mol. The molecule has 0 aliphatic heterocycles. The first kappa shape index (κ1) is 7.28. The highest BCUT2D eigenvalue weighted by atomic mass is 14.6. The Kier molecular flexibility index (Phi) is 1.03. The fourth-order valence-electron chi connectivity index (χ4n) is 4.32. The molecule has 0 aromatic rings. The van der Waals surface area contributed by atoms with E-state index in [1.807, 2.05) is 0 Å². The monoisotopic (exact) mass is 182 g/mol.